The van der Waals surface area contributed by atoms with Crippen LogP contribution in [0.4, 0.5) is 0 Å². The van der Waals surface area contributed by atoms with Crippen LogP contribution in [0.1, 0.15) is 18.3 Å². The second-order valence-corrected chi connectivity index (χ2v) is 6.58. The maximum absolute atomic E-state index is 11.9. The molecule has 5 nitrogen and oxygen atoms in total. The molecule has 3 rings (SSSR count). The fourth-order valence-corrected chi connectivity index (χ4v) is 3.04. The number of hydrogen-bond acceptors (Lipinski definition) is 3. The molecule has 1 aromatic heterocycles. The topological polar surface area (TPSA) is 56.1 Å². The van der Waals surface area contributed by atoms with E-state index in [2.05, 4.69) is 28.0 Å². The molecule has 0 aliphatic rings. The highest BCUT2D eigenvalue weighted by Crippen LogP contribution is 2.20. The fraction of sp³-hybridized carbons (Fsp3) is 0.217. The highest BCUT2D eigenvalue weighted by molar-refractivity contribution is 5.92. The predicted octanol–water partition coefficient (Wildman–Crippen LogP) is 4.04. The normalized spacial score (nSPS) is 10.6. The van der Waals surface area contributed by atoms with Crippen LogP contribution in [-0.2, 0) is 24.3 Å². The van der Waals surface area contributed by atoms with Gasteiger partial charge in [-0.2, -0.15) is 0 Å². The number of carbonyl (C=O) groups is 1. The summed E-state index contributed by atoms with van der Waals surface area (Å²) in [4.78, 5) is 16.5. The first-order valence-corrected chi connectivity index (χ1v) is 9.29. The Hall–Kier alpha value is -3.34. The molecule has 0 aliphatic heterocycles. The van der Waals surface area contributed by atoms with E-state index in [1.807, 2.05) is 54.6 Å². The van der Waals surface area contributed by atoms with E-state index in [1.165, 1.54) is 0 Å². The van der Waals surface area contributed by atoms with Crippen LogP contribution < -0.4 is 10.1 Å². The predicted molar refractivity (Wildman–Crippen MR) is 112 cm³/mol. The summed E-state index contributed by atoms with van der Waals surface area (Å²) in [5.74, 6) is 1.48. The van der Waals surface area contributed by atoms with Crippen LogP contribution in [-0.4, -0.2) is 22.1 Å². The third-order valence-electron chi connectivity index (χ3n) is 4.44. The van der Waals surface area contributed by atoms with E-state index in [9.17, 15) is 4.79 Å². The van der Waals surface area contributed by atoms with Crippen molar-refractivity contribution in [2.24, 2.45) is 0 Å². The maximum Gasteiger partial charge on any atom is 0.246 e. The molecule has 5 heteroatoms. The highest BCUT2D eigenvalue weighted by Gasteiger charge is 2.12. The van der Waals surface area contributed by atoms with Crippen molar-refractivity contribution in [1.82, 2.24) is 14.9 Å². The third-order valence-corrected chi connectivity index (χ3v) is 4.44. The molecular formula is C23H25N3O2. The number of rotatable bonds is 9. The van der Waals surface area contributed by atoms with Gasteiger partial charge in [0.2, 0.25) is 5.91 Å². The Labute approximate surface area is 165 Å². The van der Waals surface area contributed by atoms with Crippen molar-refractivity contribution in [1.29, 1.82) is 0 Å². The maximum atomic E-state index is 11.9. The van der Waals surface area contributed by atoms with E-state index in [1.54, 1.807) is 6.92 Å². The van der Waals surface area contributed by atoms with Crippen molar-refractivity contribution in [3.05, 3.63) is 84.7 Å². The van der Waals surface area contributed by atoms with Crippen molar-refractivity contribution in [2.45, 2.75) is 26.4 Å². The van der Waals surface area contributed by atoms with Gasteiger partial charge in [0.25, 0.3) is 0 Å². The van der Waals surface area contributed by atoms with Gasteiger partial charge in [-0.05, 0) is 37.1 Å². The van der Waals surface area contributed by atoms with Gasteiger partial charge in [0.15, 0.2) is 0 Å². The van der Waals surface area contributed by atoms with Gasteiger partial charge in [-0.1, -0.05) is 43.0 Å². The summed E-state index contributed by atoms with van der Waals surface area (Å²) in [5, 5.41) is 2.86. The zero-order valence-corrected chi connectivity index (χ0v) is 16.1. The largest absolute Gasteiger partial charge is 0.491 e. The summed E-state index contributed by atoms with van der Waals surface area (Å²) in [7, 11) is 0. The lowest BCUT2D eigenvalue weighted by molar-refractivity contribution is -0.117. The molecule has 0 spiro atoms. The minimum Gasteiger partial charge on any atom is -0.491 e. The van der Waals surface area contributed by atoms with Gasteiger partial charge < -0.3 is 14.6 Å². The Balaban J connectivity index is 1.76. The standard InChI is InChI=1S/C23H25N3O2/c1-4-9-18-10-5-8-13-21(18)28-15-14-26-20-12-7-6-11-19(20)25-22(26)16-24-23(27)17(2)3/h4-8,10-13H,1-2,9,14-16H2,3H3,(H,24,27). The quantitative estimate of drug-likeness (QED) is 0.454. The van der Waals surface area contributed by atoms with Crippen LogP contribution in [0.15, 0.2) is 73.3 Å². The Kier molecular flexibility index (Phi) is 6.27. The number of amides is 1. The second-order valence-electron chi connectivity index (χ2n) is 6.58. The summed E-state index contributed by atoms with van der Waals surface area (Å²) >= 11 is 0. The summed E-state index contributed by atoms with van der Waals surface area (Å²) in [6, 6.07) is 15.9. The van der Waals surface area contributed by atoms with Gasteiger partial charge in [-0.15, -0.1) is 6.58 Å². The Bertz CT molecular complexity index is 1000. The zero-order valence-electron chi connectivity index (χ0n) is 16.1. The summed E-state index contributed by atoms with van der Waals surface area (Å²) in [5.41, 5.74) is 3.51. The number of hydrogen-bond donors (Lipinski definition) is 1. The molecule has 0 saturated carbocycles. The summed E-state index contributed by atoms with van der Waals surface area (Å²) in [6.45, 7) is 10.6. The number of aromatic nitrogens is 2. The van der Waals surface area contributed by atoms with Crippen molar-refractivity contribution in [2.75, 3.05) is 6.61 Å². The van der Waals surface area contributed by atoms with Crippen molar-refractivity contribution in [3.63, 3.8) is 0 Å². The van der Waals surface area contributed by atoms with Gasteiger partial charge in [0, 0.05) is 5.57 Å². The second kappa shape index (κ2) is 9.04. The van der Waals surface area contributed by atoms with Crippen molar-refractivity contribution < 1.29 is 9.53 Å². The van der Waals surface area contributed by atoms with Crippen LogP contribution in [0.3, 0.4) is 0 Å². The molecule has 0 radical (unpaired) electrons. The monoisotopic (exact) mass is 375 g/mol. The summed E-state index contributed by atoms with van der Waals surface area (Å²) in [6.07, 6.45) is 2.64. The lowest BCUT2D eigenvalue weighted by Gasteiger charge is -2.13. The van der Waals surface area contributed by atoms with E-state index in [-0.39, 0.29) is 5.91 Å². The average Bonchev–Trinajstić information content (AvgIpc) is 3.05. The number of ether oxygens (including phenoxy) is 1. The molecule has 0 fully saturated rings. The molecule has 2 aromatic carbocycles. The zero-order chi connectivity index (χ0) is 19.9. The molecule has 1 amide bonds. The van der Waals surface area contributed by atoms with Crippen LogP contribution in [0.2, 0.25) is 0 Å². The first-order valence-electron chi connectivity index (χ1n) is 9.29. The number of allylic oxidation sites excluding steroid dienone is 1. The van der Waals surface area contributed by atoms with Gasteiger partial charge in [0.05, 0.1) is 24.1 Å². The third kappa shape index (κ3) is 4.49. The molecule has 1 N–H and O–H groups in total. The average molecular weight is 375 g/mol. The van der Waals surface area contributed by atoms with Gasteiger partial charge in [-0.25, -0.2) is 4.98 Å². The molecule has 0 aliphatic carbocycles. The highest BCUT2D eigenvalue weighted by atomic mass is 16.5. The van der Waals surface area contributed by atoms with Crippen LogP contribution in [0.5, 0.6) is 5.75 Å². The Morgan fingerprint density at radius 3 is 2.75 bits per heavy atom. The summed E-state index contributed by atoms with van der Waals surface area (Å²) < 4.78 is 8.12. The lowest BCUT2D eigenvalue weighted by Crippen LogP contribution is -2.25. The minimum absolute atomic E-state index is 0.173. The number of para-hydroxylation sites is 3. The number of nitrogens with one attached hydrogen (secondary N) is 1. The van der Waals surface area contributed by atoms with Crippen molar-refractivity contribution >= 4 is 16.9 Å². The van der Waals surface area contributed by atoms with Gasteiger partial charge in [0.1, 0.15) is 18.2 Å². The molecule has 3 aromatic rings. The van der Waals surface area contributed by atoms with Gasteiger partial charge >= 0.3 is 0 Å². The van der Waals surface area contributed by atoms with Crippen molar-refractivity contribution in [3.8, 4) is 5.75 Å². The van der Waals surface area contributed by atoms with Crippen LogP contribution >= 0.6 is 0 Å². The number of benzene rings is 2. The Morgan fingerprint density at radius 1 is 1.21 bits per heavy atom. The van der Waals surface area contributed by atoms with E-state index >= 15 is 0 Å². The first-order chi connectivity index (χ1) is 13.6. The first kappa shape index (κ1) is 19.4. The number of carbonyl (C=O) groups excluding carboxylic acids is 1. The lowest BCUT2D eigenvalue weighted by atomic mass is 10.1. The molecule has 144 valence electrons. The minimum atomic E-state index is -0.173. The Morgan fingerprint density at radius 2 is 1.96 bits per heavy atom. The van der Waals surface area contributed by atoms with E-state index in [0.717, 1.165) is 34.6 Å². The van der Waals surface area contributed by atoms with Crippen LogP contribution in [0, 0.1) is 0 Å². The fourth-order valence-electron chi connectivity index (χ4n) is 3.04. The molecule has 0 atom stereocenters. The number of imidazole rings is 1. The molecule has 0 saturated heterocycles. The smallest absolute Gasteiger partial charge is 0.246 e. The number of fused-ring (bicyclic) bond motifs is 1. The molecular weight excluding hydrogens is 350 g/mol. The van der Waals surface area contributed by atoms with Gasteiger partial charge in [-0.3, -0.25) is 4.79 Å². The molecule has 0 unspecified atom stereocenters. The molecule has 1 heterocycles. The SMILES string of the molecule is C=CCc1ccccc1OCCn1c(CNC(=O)C(=C)C)nc2ccccc21. The van der Waals surface area contributed by atoms with E-state index in [0.29, 0.717) is 25.3 Å². The van der Waals surface area contributed by atoms with E-state index < -0.39 is 0 Å². The molecule has 28 heavy (non-hydrogen) atoms. The van der Waals surface area contributed by atoms with Crippen LogP contribution in [0.25, 0.3) is 11.0 Å². The molecule has 0 bridgehead atoms. The number of nitrogens with zero attached hydrogens (tertiary/aromatic N) is 2. The van der Waals surface area contributed by atoms with E-state index in [4.69, 9.17) is 4.74 Å².